The van der Waals surface area contributed by atoms with E-state index in [-0.39, 0.29) is 17.1 Å². The molecule has 1 saturated heterocycles. The number of nitrogens with zero attached hydrogens (tertiary/aromatic N) is 1. The fraction of sp³-hybridized carbons (Fsp3) is 0.185. The Balaban J connectivity index is 1.97. The molecule has 0 radical (unpaired) electrons. The normalized spacial score (nSPS) is 17.5. The fourth-order valence-corrected chi connectivity index (χ4v) is 4.16. The van der Waals surface area contributed by atoms with Crippen molar-refractivity contribution >= 4 is 23.1 Å². The Morgan fingerprint density at radius 1 is 0.909 bits per heavy atom. The maximum atomic E-state index is 13.3. The minimum atomic E-state index is -0.902. The van der Waals surface area contributed by atoms with Gasteiger partial charge in [-0.2, -0.15) is 0 Å². The summed E-state index contributed by atoms with van der Waals surface area (Å²) >= 11 is 0. The van der Waals surface area contributed by atoms with Crippen LogP contribution >= 0.6 is 0 Å². The summed E-state index contributed by atoms with van der Waals surface area (Å²) in [7, 11) is 1.55. The minimum Gasteiger partial charge on any atom is -0.508 e. The second-order valence-electron chi connectivity index (χ2n) is 8.21. The van der Waals surface area contributed by atoms with Crippen molar-refractivity contribution in [1.29, 1.82) is 0 Å². The highest BCUT2D eigenvalue weighted by atomic mass is 16.5. The van der Waals surface area contributed by atoms with E-state index in [0.717, 1.165) is 11.1 Å². The molecule has 1 fully saturated rings. The van der Waals surface area contributed by atoms with Crippen molar-refractivity contribution in [3.8, 4) is 11.5 Å². The number of anilines is 1. The molecule has 0 aliphatic carbocycles. The number of ketones is 1. The summed E-state index contributed by atoms with van der Waals surface area (Å²) in [5.74, 6) is -1.18. The molecule has 6 heteroatoms. The van der Waals surface area contributed by atoms with Gasteiger partial charge < -0.3 is 14.9 Å². The quantitative estimate of drug-likeness (QED) is 0.338. The number of aliphatic hydroxyl groups excluding tert-OH is 1. The van der Waals surface area contributed by atoms with Crippen molar-refractivity contribution < 1.29 is 24.5 Å². The Morgan fingerprint density at radius 3 is 2.30 bits per heavy atom. The average Bonchev–Trinajstić information content (AvgIpc) is 3.06. The van der Waals surface area contributed by atoms with Gasteiger partial charge in [-0.25, -0.2) is 0 Å². The smallest absolute Gasteiger partial charge is 0.300 e. The summed E-state index contributed by atoms with van der Waals surface area (Å²) in [6.45, 7) is 5.69. The Morgan fingerprint density at radius 2 is 1.67 bits per heavy atom. The average molecular weight is 443 g/mol. The lowest BCUT2D eigenvalue weighted by Crippen LogP contribution is -2.29. The molecule has 33 heavy (non-hydrogen) atoms. The third-order valence-electron chi connectivity index (χ3n) is 6.09. The fourth-order valence-electron chi connectivity index (χ4n) is 4.16. The van der Waals surface area contributed by atoms with Gasteiger partial charge >= 0.3 is 0 Å². The molecule has 6 nitrogen and oxygen atoms in total. The van der Waals surface area contributed by atoms with Crippen LogP contribution in [0.5, 0.6) is 11.5 Å². The number of phenols is 1. The third kappa shape index (κ3) is 3.84. The van der Waals surface area contributed by atoms with Crippen molar-refractivity contribution in [3.05, 3.63) is 94.1 Å². The first-order chi connectivity index (χ1) is 15.7. The monoisotopic (exact) mass is 443 g/mol. The van der Waals surface area contributed by atoms with Gasteiger partial charge in [0.15, 0.2) is 0 Å². The topological polar surface area (TPSA) is 87.1 Å². The molecule has 0 saturated carbocycles. The SMILES string of the molecule is COc1ccc(/C(O)=C2/C(=O)C(=O)N(c3ccc(C)c(C)c3)C2c2cccc(O)c2)c(C)c1. The number of phenolic OH excluding ortho intramolecular Hbond substituents is 1. The van der Waals surface area contributed by atoms with Crippen molar-refractivity contribution in [3.63, 3.8) is 0 Å². The Hall–Kier alpha value is -4.06. The first kappa shape index (κ1) is 22.1. The summed E-state index contributed by atoms with van der Waals surface area (Å²) in [4.78, 5) is 27.9. The number of hydrogen-bond acceptors (Lipinski definition) is 5. The number of carbonyl (C=O) groups is 2. The van der Waals surface area contributed by atoms with E-state index in [1.807, 2.05) is 26.0 Å². The number of Topliss-reactive ketones (excluding diaryl/α,β-unsaturated/α-hetero) is 1. The van der Waals surface area contributed by atoms with E-state index in [4.69, 9.17) is 4.74 Å². The van der Waals surface area contributed by atoms with E-state index < -0.39 is 17.7 Å². The van der Waals surface area contributed by atoms with E-state index in [1.165, 1.54) is 17.0 Å². The Kier molecular flexibility index (Phi) is 5.68. The van der Waals surface area contributed by atoms with Gasteiger partial charge in [-0.15, -0.1) is 0 Å². The maximum Gasteiger partial charge on any atom is 0.300 e. The van der Waals surface area contributed by atoms with Gasteiger partial charge in [-0.3, -0.25) is 14.5 Å². The minimum absolute atomic E-state index is 0.00111. The van der Waals surface area contributed by atoms with Crippen LogP contribution in [0, 0.1) is 20.8 Å². The number of aliphatic hydroxyl groups is 1. The summed E-state index contributed by atoms with van der Waals surface area (Å²) in [6, 6.07) is 16.1. The molecule has 0 spiro atoms. The van der Waals surface area contributed by atoms with Gasteiger partial charge in [0.1, 0.15) is 17.3 Å². The van der Waals surface area contributed by atoms with E-state index in [0.29, 0.717) is 28.1 Å². The number of benzene rings is 3. The molecule has 3 aromatic rings. The van der Waals surface area contributed by atoms with Crippen LogP contribution in [0.25, 0.3) is 5.76 Å². The number of ether oxygens (including phenoxy) is 1. The number of hydrogen-bond donors (Lipinski definition) is 2. The second kappa shape index (κ2) is 8.47. The number of carbonyl (C=O) groups excluding carboxylic acids is 2. The van der Waals surface area contributed by atoms with Crippen molar-refractivity contribution in [2.75, 3.05) is 12.0 Å². The molecule has 3 aromatic carbocycles. The number of rotatable bonds is 4. The molecule has 1 aliphatic heterocycles. The number of aryl methyl sites for hydroxylation is 3. The van der Waals surface area contributed by atoms with Crippen LogP contribution in [0.1, 0.15) is 33.9 Å². The molecule has 1 heterocycles. The maximum absolute atomic E-state index is 13.3. The van der Waals surface area contributed by atoms with Crippen LogP contribution in [-0.4, -0.2) is 29.0 Å². The van der Waals surface area contributed by atoms with Gasteiger partial charge in [0.2, 0.25) is 0 Å². The lowest BCUT2D eigenvalue weighted by Gasteiger charge is -2.26. The Labute approximate surface area is 192 Å². The van der Waals surface area contributed by atoms with Gasteiger partial charge in [-0.1, -0.05) is 18.2 Å². The highest BCUT2D eigenvalue weighted by Gasteiger charge is 2.47. The zero-order chi connectivity index (χ0) is 23.9. The largest absolute Gasteiger partial charge is 0.508 e. The van der Waals surface area contributed by atoms with Crippen LogP contribution in [-0.2, 0) is 9.59 Å². The van der Waals surface area contributed by atoms with Gasteiger partial charge in [0.05, 0.1) is 18.7 Å². The first-order valence-corrected chi connectivity index (χ1v) is 10.5. The molecule has 4 rings (SSSR count). The molecule has 1 aliphatic rings. The Bertz CT molecular complexity index is 1310. The first-order valence-electron chi connectivity index (χ1n) is 10.5. The predicted molar refractivity (Wildman–Crippen MR) is 127 cm³/mol. The molecular formula is C27H25NO5. The predicted octanol–water partition coefficient (Wildman–Crippen LogP) is 4.95. The van der Waals surface area contributed by atoms with Crippen molar-refractivity contribution in [2.24, 2.45) is 0 Å². The summed E-state index contributed by atoms with van der Waals surface area (Å²) in [5.41, 5.74) is 4.17. The molecule has 1 unspecified atom stereocenters. The van der Waals surface area contributed by atoms with Crippen LogP contribution in [0.3, 0.4) is 0 Å². The molecule has 2 N–H and O–H groups in total. The third-order valence-corrected chi connectivity index (χ3v) is 6.09. The van der Waals surface area contributed by atoms with Crippen molar-refractivity contribution in [2.45, 2.75) is 26.8 Å². The van der Waals surface area contributed by atoms with Crippen LogP contribution < -0.4 is 9.64 Å². The van der Waals surface area contributed by atoms with Crippen LogP contribution in [0.15, 0.2) is 66.2 Å². The highest BCUT2D eigenvalue weighted by Crippen LogP contribution is 2.43. The van der Waals surface area contributed by atoms with Gasteiger partial charge in [0, 0.05) is 11.3 Å². The van der Waals surface area contributed by atoms with Gasteiger partial charge in [-0.05, 0) is 85.5 Å². The number of amides is 1. The standard InChI is InChI=1S/C27H25NO5/c1-15-8-9-19(12-16(15)2)28-24(18-6-5-7-20(29)14-18)23(26(31)27(28)32)25(30)22-11-10-21(33-4)13-17(22)3/h5-14,24,29-30H,1-4H3/b25-23-. The van der Waals surface area contributed by atoms with Gasteiger partial charge in [0.25, 0.3) is 11.7 Å². The molecule has 0 aromatic heterocycles. The van der Waals surface area contributed by atoms with E-state index >= 15 is 0 Å². The van der Waals surface area contributed by atoms with E-state index in [9.17, 15) is 19.8 Å². The highest BCUT2D eigenvalue weighted by molar-refractivity contribution is 6.51. The number of methoxy groups -OCH3 is 1. The number of aromatic hydroxyl groups is 1. The zero-order valence-electron chi connectivity index (χ0n) is 18.9. The molecule has 168 valence electrons. The molecular weight excluding hydrogens is 418 g/mol. The van der Waals surface area contributed by atoms with E-state index in [2.05, 4.69) is 0 Å². The lowest BCUT2D eigenvalue weighted by atomic mass is 9.93. The lowest BCUT2D eigenvalue weighted by molar-refractivity contribution is -0.132. The van der Waals surface area contributed by atoms with Crippen LogP contribution in [0.4, 0.5) is 5.69 Å². The zero-order valence-corrected chi connectivity index (χ0v) is 18.9. The van der Waals surface area contributed by atoms with Crippen LogP contribution in [0.2, 0.25) is 0 Å². The summed E-state index contributed by atoms with van der Waals surface area (Å²) < 4.78 is 5.24. The molecule has 1 atom stereocenters. The van der Waals surface area contributed by atoms with Crippen molar-refractivity contribution in [1.82, 2.24) is 0 Å². The molecule has 0 bridgehead atoms. The summed E-state index contributed by atoms with van der Waals surface area (Å²) in [5, 5.41) is 21.4. The summed E-state index contributed by atoms with van der Waals surface area (Å²) in [6.07, 6.45) is 0. The molecule has 1 amide bonds. The second-order valence-corrected chi connectivity index (χ2v) is 8.21. The van der Waals surface area contributed by atoms with E-state index in [1.54, 1.807) is 50.4 Å².